The first kappa shape index (κ1) is 26.0. The lowest BCUT2D eigenvalue weighted by molar-refractivity contribution is -0.00390. The molecule has 0 aliphatic carbocycles. The van der Waals surface area contributed by atoms with Crippen LogP contribution in [0.5, 0.6) is 0 Å². The standard InChI is InChI=1S/C26H38FN3O5/c1-19(2)17-33-18-20(31)14-29(15-21-6-5-11-34-21)16-23-25(22-7-3-4-8-24(22)27)28-35-26(23)30-9-12-32-13-10-30/h3-4,7-8,19-21,31H,5-6,9-18H2,1-2H3/t20-,21-/m0/s1. The molecule has 2 saturated heterocycles. The van der Waals surface area contributed by atoms with Gasteiger partial charge in [0.15, 0.2) is 0 Å². The van der Waals surface area contributed by atoms with Gasteiger partial charge >= 0.3 is 0 Å². The maximum Gasteiger partial charge on any atom is 0.232 e. The smallest absolute Gasteiger partial charge is 0.232 e. The third-order valence-electron chi connectivity index (χ3n) is 6.29. The third kappa shape index (κ3) is 7.24. The van der Waals surface area contributed by atoms with Crippen LogP contribution in [0.3, 0.4) is 0 Å². The van der Waals surface area contributed by atoms with Crippen molar-refractivity contribution in [1.82, 2.24) is 10.1 Å². The fourth-order valence-corrected chi connectivity index (χ4v) is 4.62. The molecule has 1 N–H and O–H groups in total. The Bertz CT molecular complexity index is 912. The maximum absolute atomic E-state index is 14.8. The number of anilines is 1. The number of hydrogen-bond acceptors (Lipinski definition) is 8. The Morgan fingerprint density at radius 1 is 1.20 bits per heavy atom. The van der Waals surface area contributed by atoms with Crippen molar-refractivity contribution in [3.8, 4) is 11.3 Å². The molecule has 1 aromatic carbocycles. The topological polar surface area (TPSA) is 80.4 Å². The highest BCUT2D eigenvalue weighted by Gasteiger charge is 2.29. The number of hydrogen-bond donors (Lipinski definition) is 1. The predicted octanol–water partition coefficient (Wildman–Crippen LogP) is 3.33. The summed E-state index contributed by atoms with van der Waals surface area (Å²) in [6, 6.07) is 6.62. The molecule has 0 spiro atoms. The molecule has 1 aromatic heterocycles. The van der Waals surface area contributed by atoms with Crippen LogP contribution >= 0.6 is 0 Å². The van der Waals surface area contributed by atoms with E-state index in [9.17, 15) is 9.50 Å². The molecular formula is C26H38FN3O5. The van der Waals surface area contributed by atoms with E-state index < -0.39 is 6.10 Å². The number of aliphatic hydroxyl groups is 1. The van der Waals surface area contributed by atoms with Crippen LogP contribution in [-0.2, 0) is 20.8 Å². The van der Waals surface area contributed by atoms with Crippen LogP contribution in [0.1, 0.15) is 32.3 Å². The van der Waals surface area contributed by atoms with Crippen molar-refractivity contribution < 1.29 is 28.2 Å². The number of ether oxygens (including phenoxy) is 3. The van der Waals surface area contributed by atoms with E-state index in [1.165, 1.54) is 6.07 Å². The van der Waals surface area contributed by atoms with E-state index in [-0.39, 0.29) is 18.5 Å². The Hall–Kier alpha value is -2.04. The van der Waals surface area contributed by atoms with Crippen LogP contribution in [0.2, 0.25) is 0 Å². The van der Waals surface area contributed by atoms with Crippen LogP contribution < -0.4 is 4.90 Å². The molecule has 3 heterocycles. The number of aromatic nitrogens is 1. The molecule has 2 fully saturated rings. The van der Waals surface area contributed by atoms with Crippen molar-refractivity contribution in [2.45, 2.75) is 45.4 Å². The molecule has 0 radical (unpaired) electrons. The van der Waals surface area contributed by atoms with Crippen LogP contribution in [-0.4, -0.2) is 86.6 Å². The van der Waals surface area contributed by atoms with E-state index in [2.05, 4.69) is 28.8 Å². The average molecular weight is 492 g/mol. The summed E-state index contributed by atoms with van der Waals surface area (Å²) < 4.78 is 37.7. The van der Waals surface area contributed by atoms with Crippen molar-refractivity contribution in [3.05, 3.63) is 35.6 Å². The summed E-state index contributed by atoms with van der Waals surface area (Å²) >= 11 is 0. The van der Waals surface area contributed by atoms with Crippen LogP contribution in [0, 0.1) is 11.7 Å². The van der Waals surface area contributed by atoms with E-state index in [0.717, 1.165) is 25.0 Å². The second-order valence-electron chi connectivity index (χ2n) is 9.81. The number of halogens is 1. The lowest BCUT2D eigenvalue weighted by Gasteiger charge is -2.30. The molecule has 194 valence electrons. The van der Waals surface area contributed by atoms with E-state index >= 15 is 0 Å². The minimum atomic E-state index is -0.654. The SMILES string of the molecule is CC(C)COC[C@@H](O)CN(Cc1c(-c2ccccc2F)noc1N1CCOCC1)C[C@@H]1CCCO1. The number of nitrogens with zero attached hydrogens (tertiary/aromatic N) is 3. The zero-order chi connectivity index (χ0) is 24.6. The summed E-state index contributed by atoms with van der Waals surface area (Å²) in [4.78, 5) is 4.25. The van der Waals surface area contributed by atoms with Gasteiger partial charge in [-0.2, -0.15) is 0 Å². The molecule has 0 amide bonds. The molecule has 4 rings (SSSR count). The Labute approximate surface area is 206 Å². The zero-order valence-electron chi connectivity index (χ0n) is 20.8. The van der Waals surface area contributed by atoms with Gasteiger partial charge in [0, 0.05) is 51.5 Å². The molecular weight excluding hydrogens is 453 g/mol. The van der Waals surface area contributed by atoms with E-state index in [0.29, 0.717) is 75.6 Å². The third-order valence-corrected chi connectivity index (χ3v) is 6.29. The molecule has 2 aromatic rings. The number of rotatable bonds is 12. The molecule has 2 aliphatic rings. The highest BCUT2D eigenvalue weighted by Crippen LogP contribution is 2.34. The van der Waals surface area contributed by atoms with Gasteiger partial charge in [-0.05, 0) is 30.9 Å². The van der Waals surface area contributed by atoms with Gasteiger partial charge in [0.2, 0.25) is 5.88 Å². The Morgan fingerprint density at radius 2 is 2.00 bits per heavy atom. The van der Waals surface area contributed by atoms with Gasteiger partial charge in [0.05, 0.1) is 37.6 Å². The van der Waals surface area contributed by atoms with Gasteiger partial charge in [-0.15, -0.1) is 0 Å². The second kappa shape index (κ2) is 12.8. The van der Waals surface area contributed by atoms with Crippen molar-refractivity contribution in [1.29, 1.82) is 0 Å². The summed E-state index contributed by atoms with van der Waals surface area (Å²) in [5.41, 5.74) is 1.71. The van der Waals surface area contributed by atoms with E-state index in [1.54, 1.807) is 18.2 Å². The lowest BCUT2D eigenvalue weighted by Crippen LogP contribution is -2.40. The molecule has 0 unspecified atom stereocenters. The molecule has 35 heavy (non-hydrogen) atoms. The molecule has 8 nitrogen and oxygen atoms in total. The van der Waals surface area contributed by atoms with Gasteiger partial charge in [0.25, 0.3) is 0 Å². The minimum Gasteiger partial charge on any atom is -0.389 e. The summed E-state index contributed by atoms with van der Waals surface area (Å²) in [5, 5.41) is 15.1. The number of aliphatic hydroxyl groups excluding tert-OH is 1. The second-order valence-corrected chi connectivity index (χ2v) is 9.81. The largest absolute Gasteiger partial charge is 0.389 e. The van der Waals surface area contributed by atoms with Gasteiger partial charge in [0.1, 0.15) is 11.5 Å². The van der Waals surface area contributed by atoms with Crippen molar-refractivity contribution >= 4 is 5.88 Å². The van der Waals surface area contributed by atoms with Crippen molar-refractivity contribution in [3.63, 3.8) is 0 Å². The number of morpholine rings is 1. The summed E-state index contributed by atoms with van der Waals surface area (Å²) in [5.74, 6) is 0.694. The Kier molecular flexibility index (Phi) is 9.51. The number of benzene rings is 1. The monoisotopic (exact) mass is 491 g/mol. The van der Waals surface area contributed by atoms with E-state index in [1.807, 2.05) is 0 Å². The minimum absolute atomic E-state index is 0.0994. The highest BCUT2D eigenvalue weighted by molar-refractivity contribution is 5.68. The fraction of sp³-hybridized carbons (Fsp3) is 0.654. The first-order chi connectivity index (χ1) is 17.0. The maximum atomic E-state index is 14.8. The summed E-state index contributed by atoms with van der Waals surface area (Å²) in [7, 11) is 0. The molecule has 9 heteroatoms. The highest BCUT2D eigenvalue weighted by atomic mass is 19.1. The summed E-state index contributed by atoms with van der Waals surface area (Å²) in [6.45, 7) is 9.85. The van der Waals surface area contributed by atoms with Gasteiger partial charge < -0.3 is 28.7 Å². The Morgan fingerprint density at radius 3 is 2.71 bits per heavy atom. The molecule has 2 aliphatic heterocycles. The first-order valence-corrected chi connectivity index (χ1v) is 12.7. The average Bonchev–Trinajstić information content (AvgIpc) is 3.50. The predicted molar refractivity (Wildman–Crippen MR) is 131 cm³/mol. The first-order valence-electron chi connectivity index (χ1n) is 12.7. The molecule has 0 saturated carbocycles. The van der Waals surface area contributed by atoms with Crippen LogP contribution in [0.25, 0.3) is 11.3 Å². The van der Waals surface area contributed by atoms with Gasteiger partial charge in [-0.25, -0.2) is 4.39 Å². The zero-order valence-corrected chi connectivity index (χ0v) is 20.8. The molecule has 2 atom stereocenters. The van der Waals surface area contributed by atoms with Crippen molar-refractivity contribution in [2.24, 2.45) is 5.92 Å². The van der Waals surface area contributed by atoms with Gasteiger partial charge in [-0.3, -0.25) is 4.90 Å². The Balaban J connectivity index is 1.59. The normalized spacial score (nSPS) is 19.7. The van der Waals surface area contributed by atoms with Crippen LogP contribution in [0.4, 0.5) is 10.3 Å². The fourth-order valence-electron chi connectivity index (χ4n) is 4.62. The van der Waals surface area contributed by atoms with Gasteiger partial charge in [-0.1, -0.05) is 31.1 Å². The summed E-state index contributed by atoms with van der Waals surface area (Å²) in [6.07, 6.45) is 1.46. The van der Waals surface area contributed by atoms with Crippen LogP contribution in [0.15, 0.2) is 28.8 Å². The quantitative estimate of drug-likeness (QED) is 0.484. The van der Waals surface area contributed by atoms with E-state index in [4.69, 9.17) is 18.7 Å². The lowest BCUT2D eigenvalue weighted by atomic mass is 10.1. The van der Waals surface area contributed by atoms with Crippen molar-refractivity contribution in [2.75, 3.05) is 64.1 Å². The molecule has 0 bridgehead atoms.